The summed E-state index contributed by atoms with van der Waals surface area (Å²) in [5, 5.41) is 0.543. The van der Waals surface area contributed by atoms with Crippen molar-refractivity contribution in [1.29, 1.82) is 0 Å². The molecule has 0 spiro atoms. The van der Waals surface area contributed by atoms with Crippen molar-refractivity contribution >= 4 is 38.7 Å². The lowest BCUT2D eigenvalue weighted by molar-refractivity contribution is 0.758. The zero-order chi connectivity index (χ0) is 9.71. The van der Waals surface area contributed by atoms with Gasteiger partial charge in [0.1, 0.15) is 5.52 Å². The first-order valence-corrected chi connectivity index (χ1v) is 5.62. The number of fused-ring (bicyclic) bond motifs is 1. The van der Waals surface area contributed by atoms with Gasteiger partial charge in [-0.3, -0.25) is 4.57 Å². The Kier molecular flexibility index (Phi) is 1.82. The van der Waals surface area contributed by atoms with E-state index in [1.807, 2.05) is 10.6 Å². The molecule has 0 amide bonds. The molecule has 2 aromatic heterocycles. The summed E-state index contributed by atoms with van der Waals surface area (Å²) >= 11 is 9.51. The van der Waals surface area contributed by atoms with E-state index < -0.39 is 0 Å². The minimum Gasteiger partial charge on any atom is -0.296 e. The molecule has 2 aromatic rings. The van der Waals surface area contributed by atoms with Crippen molar-refractivity contribution in [3.8, 4) is 0 Å². The number of rotatable bonds is 1. The van der Waals surface area contributed by atoms with Gasteiger partial charge in [-0.1, -0.05) is 0 Å². The molecule has 0 atom stereocenters. The third-order valence-corrected chi connectivity index (χ3v) is 3.31. The first-order valence-electron chi connectivity index (χ1n) is 4.45. The molecule has 1 aliphatic rings. The van der Waals surface area contributed by atoms with E-state index in [0.717, 1.165) is 15.6 Å². The second-order valence-electron chi connectivity index (χ2n) is 3.45. The molecule has 1 fully saturated rings. The molecule has 1 aliphatic carbocycles. The fraction of sp³-hybridized carbons (Fsp3) is 0.333. The second kappa shape index (κ2) is 2.94. The van der Waals surface area contributed by atoms with Gasteiger partial charge in [-0.15, -0.1) is 0 Å². The Morgan fingerprint density at radius 1 is 1.50 bits per heavy atom. The van der Waals surface area contributed by atoms with Gasteiger partial charge in [-0.2, -0.15) is 0 Å². The smallest absolute Gasteiger partial charge is 0.205 e. The van der Waals surface area contributed by atoms with Crippen LogP contribution in [0, 0.1) is 0 Å². The Labute approximate surface area is 94.2 Å². The molecular formula is C9H7BrClN3. The number of halogens is 2. The van der Waals surface area contributed by atoms with Crippen LogP contribution in [-0.4, -0.2) is 14.5 Å². The van der Waals surface area contributed by atoms with Crippen LogP contribution in [0.15, 0.2) is 16.7 Å². The average molecular weight is 273 g/mol. The SMILES string of the molecule is Clc1nc2c(Br)ccnc2n1C1CC1. The van der Waals surface area contributed by atoms with Crippen LogP contribution in [0.5, 0.6) is 0 Å². The van der Waals surface area contributed by atoms with Gasteiger partial charge in [0.25, 0.3) is 0 Å². The second-order valence-corrected chi connectivity index (χ2v) is 4.64. The standard InChI is InChI=1S/C9H7BrClN3/c10-6-3-4-12-8-7(6)13-9(11)14(8)5-1-2-5/h3-5H,1-2H2. The first kappa shape index (κ1) is 8.68. The number of hydrogen-bond acceptors (Lipinski definition) is 2. The lowest BCUT2D eigenvalue weighted by atomic mass is 10.4. The van der Waals surface area contributed by atoms with E-state index in [-0.39, 0.29) is 0 Å². The molecule has 3 nitrogen and oxygen atoms in total. The molecule has 5 heteroatoms. The molecule has 0 N–H and O–H groups in total. The summed E-state index contributed by atoms with van der Waals surface area (Å²) in [5.74, 6) is 0. The largest absolute Gasteiger partial charge is 0.296 e. The van der Waals surface area contributed by atoms with E-state index in [1.54, 1.807) is 6.20 Å². The average Bonchev–Trinajstić information content (AvgIpc) is 2.91. The minimum atomic E-state index is 0.509. The quantitative estimate of drug-likeness (QED) is 0.798. The van der Waals surface area contributed by atoms with E-state index in [9.17, 15) is 0 Å². The van der Waals surface area contributed by atoms with Crippen LogP contribution in [0.1, 0.15) is 18.9 Å². The highest BCUT2D eigenvalue weighted by Gasteiger charge is 2.28. The first-order chi connectivity index (χ1) is 6.77. The summed E-state index contributed by atoms with van der Waals surface area (Å²) in [5.41, 5.74) is 1.73. The van der Waals surface area contributed by atoms with Gasteiger partial charge in [0.15, 0.2) is 5.65 Å². The van der Waals surface area contributed by atoms with Crippen molar-refractivity contribution in [2.45, 2.75) is 18.9 Å². The molecule has 3 rings (SSSR count). The Bertz CT molecular complexity index is 504. The van der Waals surface area contributed by atoms with Crippen LogP contribution in [-0.2, 0) is 0 Å². The van der Waals surface area contributed by atoms with E-state index in [1.165, 1.54) is 12.8 Å². The number of imidazole rings is 1. The highest BCUT2D eigenvalue weighted by atomic mass is 79.9. The minimum absolute atomic E-state index is 0.509. The highest BCUT2D eigenvalue weighted by Crippen LogP contribution is 2.40. The van der Waals surface area contributed by atoms with Crippen molar-refractivity contribution in [3.63, 3.8) is 0 Å². The van der Waals surface area contributed by atoms with E-state index in [0.29, 0.717) is 11.3 Å². The summed E-state index contributed by atoms with van der Waals surface area (Å²) < 4.78 is 2.96. The molecule has 14 heavy (non-hydrogen) atoms. The fourth-order valence-corrected chi connectivity index (χ4v) is 2.28. The van der Waals surface area contributed by atoms with Crippen LogP contribution in [0.2, 0.25) is 5.28 Å². The summed E-state index contributed by atoms with van der Waals surface area (Å²) in [4.78, 5) is 8.60. The maximum atomic E-state index is 6.07. The van der Waals surface area contributed by atoms with Crippen molar-refractivity contribution in [1.82, 2.24) is 14.5 Å². The summed E-state index contributed by atoms with van der Waals surface area (Å²) in [6.07, 6.45) is 4.13. The Morgan fingerprint density at radius 2 is 2.29 bits per heavy atom. The topological polar surface area (TPSA) is 30.7 Å². The molecular weight excluding hydrogens is 265 g/mol. The molecule has 0 radical (unpaired) electrons. The summed E-state index contributed by atoms with van der Waals surface area (Å²) in [7, 11) is 0. The van der Waals surface area contributed by atoms with E-state index in [4.69, 9.17) is 11.6 Å². The van der Waals surface area contributed by atoms with Crippen molar-refractivity contribution in [3.05, 3.63) is 22.0 Å². The van der Waals surface area contributed by atoms with Gasteiger partial charge in [-0.05, 0) is 46.4 Å². The molecule has 0 bridgehead atoms. The maximum Gasteiger partial charge on any atom is 0.205 e. The van der Waals surface area contributed by atoms with Gasteiger partial charge < -0.3 is 0 Å². The fourth-order valence-electron chi connectivity index (χ4n) is 1.59. The molecule has 0 unspecified atom stereocenters. The monoisotopic (exact) mass is 271 g/mol. The molecule has 0 aromatic carbocycles. The lowest BCUT2D eigenvalue weighted by Crippen LogP contribution is -1.94. The van der Waals surface area contributed by atoms with Crippen molar-refractivity contribution in [2.75, 3.05) is 0 Å². The highest BCUT2D eigenvalue weighted by molar-refractivity contribution is 9.10. The third-order valence-electron chi connectivity index (χ3n) is 2.40. The van der Waals surface area contributed by atoms with Gasteiger partial charge in [0, 0.05) is 16.7 Å². The predicted octanol–water partition coefficient (Wildman–Crippen LogP) is 3.18. The maximum absolute atomic E-state index is 6.07. The van der Waals surface area contributed by atoms with Gasteiger partial charge in [-0.25, -0.2) is 9.97 Å². The van der Waals surface area contributed by atoms with Crippen LogP contribution in [0.4, 0.5) is 0 Å². The van der Waals surface area contributed by atoms with E-state index >= 15 is 0 Å². The van der Waals surface area contributed by atoms with Gasteiger partial charge >= 0.3 is 0 Å². The number of nitrogens with zero attached hydrogens (tertiary/aromatic N) is 3. The Hall–Kier alpha value is -0.610. The van der Waals surface area contributed by atoms with Gasteiger partial charge in [0.2, 0.25) is 5.28 Å². The number of hydrogen-bond donors (Lipinski definition) is 0. The third kappa shape index (κ3) is 1.17. The molecule has 2 heterocycles. The van der Waals surface area contributed by atoms with Crippen LogP contribution in [0.25, 0.3) is 11.2 Å². The number of pyridine rings is 1. The van der Waals surface area contributed by atoms with Crippen LogP contribution >= 0.6 is 27.5 Å². The number of aromatic nitrogens is 3. The zero-order valence-corrected chi connectivity index (χ0v) is 9.59. The Balaban J connectivity index is 2.37. The Morgan fingerprint density at radius 3 is 3.00 bits per heavy atom. The molecule has 0 saturated heterocycles. The molecule has 72 valence electrons. The van der Waals surface area contributed by atoms with E-state index in [2.05, 4.69) is 25.9 Å². The van der Waals surface area contributed by atoms with Crippen LogP contribution < -0.4 is 0 Å². The van der Waals surface area contributed by atoms with Crippen molar-refractivity contribution in [2.24, 2.45) is 0 Å². The summed E-state index contributed by atoms with van der Waals surface area (Å²) in [6.45, 7) is 0. The van der Waals surface area contributed by atoms with Gasteiger partial charge in [0.05, 0.1) is 0 Å². The summed E-state index contributed by atoms with van der Waals surface area (Å²) in [6, 6.07) is 2.39. The normalized spacial score (nSPS) is 16.4. The molecule has 1 saturated carbocycles. The predicted molar refractivity (Wildman–Crippen MR) is 58.5 cm³/mol. The zero-order valence-electron chi connectivity index (χ0n) is 7.24. The van der Waals surface area contributed by atoms with Crippen molar-refractivity contribution < 1.29 is 0 Å². The lowest BCUT2D eigenvalue weighted by Gasteiger charge is -2.00. The molecule has 0 aliphatic heterocycles. The van der Waals surface area contributed by atoms with Crippen LogP contribution in [0.3, 0.4) is 0 Å².